The number of benzene rings is 1. The first-order valence-electron chi connectivity index (χ1n) is 4.45. The maximum Gasteiger partial charge on any atom is 0.339 e. The van der Waals surface area contributed by atoms with E-state index in [4.69, 9.17) is 10.00 Å². The van der Waals surface area contributed by atoms with Crippen LogP contribution in [0.2, 0.25) is 0 Å². The molecule has 0 saturated carbocycles. The molecule has 1 aromatic rings. The van der Waals surface area contributed by atoms with Crippen molar-refractivity contribution in [1.29, 1.82) is 5.26 Å². The second-order valence-corrected chi connectivity index (χ2v) is 2.82. The number of rotatable bonds is 3. The van der Waals surface area contributed by atoms with Crippen LogP contribution in [-0.4, -0.2) is 17.5 Å². The maximum atomic E-state index is 11.4. The minimum absolute atomic E-state index is 0.0593. The molecule has 6 heteroatoms. The van der Waals surface area contributed by atoms with E-state index in [-0.39, 0.29) is 23.4 Å². The van der Waals surface area contributed by atoms with Gasteiger partial charge in [0.15, 0.2) is 0 Å². The van der Waals surface area contributed by atoms with Crippen molar-refractivity contribution in [3.8, 4) is 6.07 Å². The number of nitro groups is 1. The van der Waals surface area contributed by atoms with Crippen molar-refractivity contribution in [3.63, 3.8) is 0 Å². The predicted octanol–water partition coefficient (Wildman–Crippen LogP) is 1.64. The number of non-ortho nitro benzene ring substituents is 1. The first kappa shape index (κ1) is 11.7. The highest BCUT2D eigenvalue weighted by Crippen LogP contribution is 2.18. The molecule has 0 atom stereocenters. The van der Waals surface area contributed by atoms with E-state index < -0.39 is 10.9 Å². The quantitative estimate of drug-likeness (QED) is 0.438. The van der Waals surface area contributed by atoms with E-state index in [1.165, 1.54) is 12.1 Å². The van der Waals surface area contributed by atoms with Crippen LogP contribution < -0.4 is 0 Å². The summed E-state index contributed by atoms with van der Waals surface area (Å²) in [6.07, 6.45) is 0. The van der Waals surface area contributed by atoms with Crippen molar-refractivity contribution in [1.82, 2.24) is 0 Å². The molecule has 0 aliphatic carbocycles. The molecule has 0 aromatic heterocycles. The van der Waals surface area contributed by atoms with E-state index >= 15 is 0 Å². The van der Waals surface area contributed by atoms with Crippen LogP contribution in [-0.2, 0) is 4.74 Å². The molecular formula is C10H8N2O4. The fourth-order valence-electron chi connectivity index (χ4n) is 1.12. The van der Waals surface area contributed by atoms with Crippen molar-refractivity contribution >= 4 is 11.7 Å². The van der Waals surface area contributed by atoms with Gasteiger partial charge in [-0.15, -0.1) is 0 Å². The van der Waals surface area contributed by atoms with Gasteiger partial charge < -0.3 is 4.74 Å². The summed E-state index contributed by atoms with van der Waals surface area (Å²) >= 11 is 0. The molecular weight excluding hydrogens is 212 g/mol. The van der Waals surface area contributed by atoms with Crippen LogP contribution in [0.4, 0.5) is 5.69 Å². The maximum absolute atomic E-state index is 11.4. The molecule has 0 heterocycles. The Labute approximate surface area is 91.2 Å². The van der Waals surface area contributed by atoms with Gasteiger partial charge in [-0.05, 0) is 13.0 Å². The van der Waals surface area contributed by atoms with Gasteiger partial charge in [0.1, 0.15) is 6.07 Å². The molecule has 0 saturated heterocycles. The highest BCUT2D eigenvalue weighted by molar-refractivity contribution is 5.93. The molecule has 0 N–H and O–H groups in total. The Morgan fingerprint density at radius 3 is 2.81 bits per heavy atom. The van der Waals surface area contributed by atoms with Crippen LogP contribution in [0.3, 0.4) is 0 Å². The smallest absolute Gasteiger partial charge is 0.339 e. The second kappa shape index (κ2) is 4.89. The summed E-state index contributed by atoms with van der Waals surface area (Å²) in [6.45, 7) is 1.76. The monoisotopic (exact) mass is 220 g/mol. The fourth-order valence-corrected chi connectivity index (χ4v) is 1.12. The van der Waals surface area contributed by atoms with Crippen molar-refractivity contribution in [2.45, 2.75) is 6.92 Å². The van der Waals surface area contributed by atoms with Gasteiger partial charge in [0.2, 0.25) is 0 Å². The number of nitriles is 1. The van der Waals surface area contributed by atoms with Crippen LogP contribution >= 0.6 is 0 Å². The molecule has 16 heavy (non-hydrogen) atoms. The Hall–Kier alpha value is -2.42. The van der Waals surface area contributed by atoms with Crippen LogP contribution in [0.5, 0.6) is 0 Å². The average Bonchev–Trinajstić information content (AvgIpc) is 2.28. The predicted molar refractivity (Wildman–Crippen MR) is 53.8 cm³/mol. The molecule has 0 fully saturated rings. The Bertz CT molecular complexity index is 476. The summed E-state index contributed by atoms with van der Waals surface area (Å²) in [5, 5.41) is 19.2. The van der Waals surface area contributed by atoms with Gasteiger partial charge in [-0.2, -0.15) is 5.26 Å². The summed E-state index contributed by atoms with van der Waals surface area (Å²) < 4.78 is 4.69. The van der Waals surface area contributed by atoms with Crippen molar-refractivity contribution < 1.29 is 14.5 Å². The Kier molecular flexibility index (Phi) is 3.56. The number of nitrogens with zero attached hydrogens (tertiary/aromatic N) is 2. The molecule has 0 unspecified atom stereocenters. The number of nitro benzene ring substituents is 1. The van der Waals surface area contributed by atoms with Gasteiger partial charge in [-0.25, -0.2) is 4.79 Å². The average molecular weight is 220 g/mol. The number of hydrogen-bond acceptors (Lipinski definition) is 5. The third-order valence-electron chi connectivity index (χ3n) is 1.83. The summed E-state index contributed by atoms with van der Waals surface area (Å²) in [4.78, 5) is 21.3. The SMILES string of the molecule is CCOC(=O)c1cc([N+](=O)[O-])ccc1C#N. The Balaban J connectivity index is 3.23. The first-order valence-corrected chi connectivity index (χ1v) is 4.45. The molecule has 0 radical (unpaired) electrons. The largest absolute Gasteiger partial charge is 0.462 e. The van der Waals surface area contributed by atoms with E-state index in [1.807, 2.05) is 0 Å². The summed E-state index contributed by atoms with van der Waals surface area (Å²) in [7, 11) is 0. The molecule has 0 amide bonds. The minimum Gasteiger partial charge on any atom is -0.462 e. The summed E-state index contributed by atoms with van der Waals surface area (Å²) in [5.41, 5.74) is -0.273. The van der Waals surface area contributed by atoms with Crippen LogP contribution in [0.1, 0.15) is 22.8 Å². The normalized spacial score (nSPS) is 9.25. The van der Waals surface area contributed by atoms with Gasteiger partial charge in [0.25, 0.3) is 5.69 Å². The van der Waals surface area contributed by atoms with Gasteiger partial charge in [-0.3, -0.25) is 10.1 Å². The van der Waals surface area contributed by atoms with Crippen LogP contribution in [0, 0.1) is 21.4 Å². The Morgan fingerprint density at radius 1 is 1.62 bits per heavy atom. The zero-order valence-corrected chi connectivity index (χ0v) is 8.47. The van der Waals surface area contributed by atoms with E-state index in [0.717, 1.165) is 6.07 Å². The highest BCUT2D eigenvalue weighted by Gasteiger charge is 2.17. The van der Waals surface area contributed by atoms with E-state index in [0.29, 0.717) is 0 Å². The number of carbonyl (C=O) groups excluding carboxylic acids is 1. The molecule has 0 aliphatic rings. The first-order chi connectivity index (χ1) is 7.60. The molecule has 0 aliphatic heterocycles. The lowest BCUT2D eigenvalue weighted by molar-refractivity contribution is -0.384. The highest BCUT2D eigenvalue weighted by atomic mass is 16.6. The zero-order valence-electron chi connectivity index (χ0n) is 8.47. The fraction of sp³-hybridized carbons (Fsp3) is 0.200. The van der Waals surface area contributed by atoms with Crippen molar-refractivity contribution in [2.75, 3.05) is 6.61 Å². The minimum atomic E-state index is -0.734. The van der Waals surface area contributed by atoms with Gasteiger partial charge in [-0.1, -0.05) is 0 Å². The van der Waals surface area contributed by atoms with Gasteiger partial charge >= 0.3 is 5.97 Å². The number of ether oxygens (including phenoxy) is 1. The molecule has 6 nitrogen and oxygen atoms in total. The number of carbonyl (C=O) groups is 1. The Morgan fingerprint density at radius 2 is 2.31 bits per heavy atom. The molecule has 82 valence electrons. The molecule has 0 bridgehead atoms. The van der Waals surface area contributed by atoms with Crippen molar-refractivity contribution in [2.24, 2.45) is 0 Å². The van der Waals surface area contributed by atoms with Gasteiger partial charge in [0.05, 0.1) is 22.7 Å². The van der Waals surface area contributed by atoms with E-state index in [2.05, 4.69) is 0 Å². The lowest BCUT2D eigenvalue weighted by Crippen LogP contribution is -2.07. The third-order valence-corrected chi connectivity index (χ3v) is 1.83. The van der Waals surface area contributed by atoms with E-state index in [9.17, 15) is 14.9 Å². The van der Waals surface area contributed by atoms with Crippen LogP contribution in [0.25, 0.3) is 0 Å². The van der Waals surface area contributed by atoms with Crippen LogP contribution in [0.15, 0.2) is 18.2 Å². The summed E-state index contributed by atoms with van der Waals surface area (Å²) in [6, 6.07) is 5.21. The zero-order chi connectivity index (χ0) is 12.1. The molecule has 1 rings (SSSR count). The lowest BCUT2D eigenvalue weighted by Gasteiger charge is -2.03. The lowest BCUT2D eigenvalue weighted by atomic mass is 10.1. The van der Waals surface area contributed by atoms with Gasteiger partial charge in [0, 0.05) is 12.1 Å². The number of esters is 1. The molecule has 0 spiro atoms. The van der Waals surface area contributed by atoms with Crippen molar-refractivity contribution in [3.05, 3.63) is 39.4 Å². The topological polar surface area (TPSA) is 93.2 Å². The standard InChI is InChI=1S/C10H8N2O4/c1-2-16-10(13)9-5-8(12(14)15)4-3-7(9)6-11/h3-5H,2H2,1H3. The molecule has 1 aromatic carbocycles. The second-order valence-electron chi connectivity index (χ2n) is 2.82. The number of hydrogen-bond donors (Lipinski definition) is 0. The third kappa shape index (κ3) is 2.33. The van der Waals surface area contributed by atoms with E-state index in [1.54, 1.807) is 13.0 Å². The summed E-state index contributed by atoms with van der Waals surface area (Å²) in [5.74, 6) is -0.734.